The number of rotatable bonds is 4. The Hall–Kier alpha value is -2.82. The van der Waals surface area contributed by atoms with Gasteiger partial charge in [0.1, 0.15) is 22.5 Å². The molecule has 0 aliphatic heterocycles. The van der Waals surface area contributed by atoms with Gasteiger partial charge in [-0.1, -0.05) is 0 Å². The van der Waals surface area contributed by atoms with Crippen LogP contribution in [0, 0.1) is 17.1 Å². The number of thiophene rings is 1. The van der Waals surface area contributed by atoms with E-state index in [1.54, 1.807) is 16.7 Å². The van der Waals surface area contributed by atoms with E-state index in [2.05, 4.69) is 10.3 Å². The zero-order valence-electron chi connectivity index (χ0n) is 12.2. The number of nitrogens with one attached hydrogen (secondary N) is 1. The molecule has 2 aromatic heterocycles. The van der Waals surface area contributed by atoms with Crippen molar-refractivity contribution in [1.82, 2.24) is 4.98 Å². The molecule has 0 saturated carbocycles. The molecule has 0 fully saturated rings. The first-order chi connectivity index (χ1) is 11.7. The number of amides is 1. The van der Waals surface area contributed by atoms with Crippen molar-refractivity contribution < 1.29 is 9.18 Å². The van der Waals surface area contributed by atoms with Crippen molar-refractivity contribution in [1.29, 1.82) is 5.26 Å². The van der Waals surface area contributed by atoms with Gasteiger partial charge in [0, 0.05) is 22.0 Å². The highest BCUT2D eigenvalue weighted by atomic mass is 32.1. The van der Waals surface area contributed by atoms with Crippen molar-refractivity contribution in [3.05, 3.63) is 63.6 Å². The predicted octanol–water partition coefficient (Wildman–Crippen LogP) is 4.56. The van der Waals surface area contributed by atoms with Crippen LogP contribution in [-0.2, 0) is 4.79 Å². The summed E-state index contributed by atoms with van der Waals surface area (Å²) in [6, 6.07) is 9.16. The van der Waals surface area contributed by atoms with Crippen LogP contribution < -0.4 is 5.32 Å². The third kappa shape index (κ3) is 3.74. The van der Waals surface area contributed by atoms with Gasteiger partial charge in [0.25, 0.3) is 5.91 Å². The Morgan fingerprint density at radius 2 is 2.04 bits per heavy atom. The van der Waals surface area contributed by atoms with E-state index in [0.717, 1.165) is 10.6 Å². The number of benzene rings is 1. The van der Waals surface area contributed by atoms with Gasteiger partial charge in [-0.05, 0) is 41.8 Å². The SMILES string of the molecule is N#C/C(=C/c1csc(-c2ccsc2)n1)C(=O)Nc1ccc(F)cc1. The Kier molecular flexibility index (Phi) is 4.79. The zero-order valence-corrected chi connectivity index (χ0v) is 13.8. The molecule has 1 N–H and O–H groups in total. The Labute approximate surface area is 145 Å². The average Bonchev–Trinajstić information content (AvgIpc) is 3.25. The monoisotopic (exact) mass is 355 g/mol. The van der Waals surface area contributed by atoms with E-state index < -0.39 is 11.7 Å². The number of aromatic nitrogens is 1. The van der Waals surface area contributed by atoms with Crippen LogP contribution in [0.3, 0.4) is 0 Å². The summed E-state index contributed by atoms with van der Waals surface area (Å²) >= 11 is 3.02. The van der Waals surface area contributed by atoms with Crippen LogP contribution in [-0.4, -0.2) is 10.9 Å². The maximum atomic E-state index is 12.9. The maximum absolute atomic E-state index is 12.9. The molecule has 0 aliphatic rings. The van der Waals surface area contributed by atoms with Crippen molar-refractivity contribution in [2.45, 2.75) is 0 Å². The van der Waals surface area contributed by atoms with Gasteiger partial charge in [0.05, 0.1) is 5.69 Å². The quantitative estimate of drug-likeness (QED) is 0.551. The van der Waals surface area contributed by atoms with Gasteiger partial charge in [-0.15, -0.1) is 11.3 Å². The molecule has 3 rings (SSSR count). The minimum absolute atomic E-state index is 0.0681. The minimum atomic E-state index is -0.561. The molecule has 1 amide bonds. The molecule has 0 radical (unpaired) electrons. The van der Waals surface area contributed by atoms with Crippen LogP contribution in [0.25, 0.3) is 16.6 Å². The van der Waals surface area contributed by atoms with Crippen molar-refractivity contribution in [3.63, 3.8) is 0 Å². The lowest BCUT2D eigenvalue weighted by atomic mass is 10.2. The number of carbonyl (C=O) groups is 1. The van der Waals surface area contributed by atoms with Gasteiger partial charge in [-0.25, -0.2) is 9.37 Å². The Morgan fingerprint density at radius 3 is 2.71 bits per heavy atom. The molecule has 0 saturated heterocycles. The topological polar surface area (TPSA) is 65.8 Å². The first-order valence-electron chi connectivity index (χ1n) is 6.82. The molecule has 7 heteroatoms. The summed E-state index contributed by atoms with van der Waals surface area (Å²) in [5.74, 6) is -0.957. The van der Waals surface area contributed by atoms with Gasteiger partial charge < -0.3 is 5.32 Å². The lowest BCUT2D eigenvalue weighted by Crippen LogP contribution is -2.13. The highest BCUT2D eigenvalue weighted by Gasteiger charge is 2.11. The van der Waals surface area contributed by atoms with Gasteiger partial charge in [-0.3, -0.25) is 4.79 Å². The largest absolute Gasteiger partial charge is 0.321 e. The molecule has 3 aromatic rings. The van der Waals surface area contributed by atoms with Crippen molar-refractivity contribution in [2.75, 3.05) is 5.32 Å². The van der Waals surface area contributed by atoms with Crippen LogP contribution in [0.2, 0.25) is 0 Å². The number of nitrogens with zero attached hydrogens (tertiary/aromatic N) is 2. The van der Waals surface area contributed by atoms with Gasteiger partial charge in [0.15, 0.2) is 0 Å². The lowest BCUT2D eigenvalue weighted by molar-refractivity contribution is -0.112. The molecule has 0 bridgehead atoms. The molecule has 1 aromatic carbocycles. The fraction of sp³-hybridized carbons (Fsp3) is 0. The number of carbonyl (C=O) groups excluding carboxylic acids is 1. The van der Waals surface area contributed by atoms with E-state index in [4.69, 9.17) is 0 Å². The van der Waals surface area contributed by atoms with E-state index in [1.165, 1.54) is 41.7 Å². The number of halogens is 1. The molecular weight excluding hydrogens is 345 g/mol. The van der Waals surface area contributed by atoms with Crippen LogP contribution >= 0.6 is 22.7 Å². The van der Waals surface area contributed by atoms with Crippen LogP contribution in [0.4, 0.5) is 10.1 Å². The Balaban J connectivity index is 1.78. The van der Waals surface area contributed by atoms with Gasteiger partial charge >= 0.3 is 0 Å². The van der Waals surface area contributed by atoms with E-state index in [0.29, 0.717) is 11.4 Å². The van der Waals surface area contributed by atoms with Gasteiger partial charge in [0.2, 0.25) is 0 Å². The fourth-order valence-electron chi connectivity index (χ4n) is 1.90. The lowest BCUT2D eigenvalue weighted by Gasteiger charge is -2.03. The average molecular weight is 355 g/mol. The van der Waals surface area contributed by atoms with Crippen molar-refractivity contribution in [3.8, 4) is 16.6 Å². The second-order valence-corrected chi connectivity index (χ2v) is 6.36. The van der Waals surface area contributed by atoms with Crippen molar-refractivity contribution in [2.24, 2.45) is 0 Å². The number of nitriles is 1. The summed E-state index contributed by atoms with van der Waals surface area (Å²) in [7, 11) is 0. The summed E-state index contributed by atoms with van der Waals surface area (Å²) in [6.07, 6.45) is 1.44. The van der Waals surface area contributed by atoms with Crippen molar-refractivity contribution >= 4 is 40.3 Å². The first-order valence-corrected chi connectivity index (χ1v) is 8.65. The highest BCUT2D eigenvalue weighted by Crippen LogP contribution is 2.26. The van der Waals surface area contributed by atoms with Crippen LogP contribution in [0.5, 0.6) is 0 Å². The summed E-state index contributed by atoms with van der Waals surface area (Å²) in [5, 5.41) is 18.3. The van der Waals surface area contributed by atoms with E-state index >= 15 is 0 Å². The molecule has 2 heterocycles. The fourth-order valence-corrected chi connectivity index (χ4v) is 3.39. The summed E-state index contributed by atoms with van der Waals surface area (Å²) < 4.78 is 12.9. The minimum Gasteiger partial charge on any atom is -0.321 e. The Bertz CT molecular complexity index is 922. The molecule has 0 spiro atoms. The third-order valence-electron chi connectivity index (χ3n) is 3.05. The second-order valence-electron chi connectivity index (χ2n) is 4.72. The summed E-state index contributed by atoms with van der Waals surface area (Å²) in [5.41, 5.74) is 1.91. The second kappa shape index (κ2) is 7.17. The van der Waals surface area contributed by atoms with E-state index in [9.17, 15) is 14.4 Å². The smallest absolute Gasteiger partial charge is 0.266 e. The number of hydrogen-bond acceptors (Lipinski definition) is 5. The third-order valence-corrected chi connectivity index (χ3v) is 4.64. The normalized spacial score (nSPS) is 11.1. The molecule has 24 heavy (non-hydrogen) atoms. The van der Waals surface area contributed by atoms with Crippen LogP contribution in [0.15, 0.2) is 52.0 Å². The van der Waals surface area contributed by atoms with Gasteiger partial charge in [-0.2, -0.15) is 16.6 Å². The Morgan fingerprint density at radius 1 is 1.25 bits per heavy atom. The van der Waals surface area contributed by atoms with E-state index in [1.807, 2.05) is 22.9 Å². The molecule has 0 aliphatic carbocycles. The molecule has 0 unspecified atom stereocenters. The molecule has 4 nitrogen and oxygen atoms in total. The molecular formula is C17H10FN3OS2. The predicted molar refractivity (Wildman–Crippen MR) is 94.0 cm³/mol. The zero-order chi connectivity index (χ0) is 16.9. The number of hydrogen-bond donors (Lipinski definition) is 1. The summed E-state index contributed by atoms with van der Waals surface area (Å²) in [6.45, 7) is 0. The first kappa shape index (κ1) is 16.1. The highest BCUT2D eigenvalue weighted by molar-refractivity contribution is 7.14. The number of thiazole rings is 1. The summed E-state index contributed by atoms with van der Waals surface area (Å²) in [4.78, 5) is 16.6. The molecule has 118 valence electrons. The maximum Gasteiger partial charge on any atom is 0.266 e. The number of anilines is 1. The van der Waals surface area contributed by atoms with E-state index in [-0.39, 0.29) is 5.57 Å². The molecule has 0 atom stereocenters. The van der Waals surface area contributed by atoms with Crippen LogP contribution in [0.1, 0.15) is 5.69 Å². The standard InChI is InChI=1S/C17H10FN3OS2/c18-13-1-3-14(4-2-13)20-16(22)12(8-19)7-15-10-24-17(21-15)11-5-6-23-9-11/h1-7,9-10H,(H,20,22)/b12-7-.